The first-order valence-corrected chi connectivity index (χ1v) is 10.8. The van der Waals surface area contributed by atoms with Crippen LogP contribution in [-0.2, 0) is 11.3 Å². The number of aliphatic carboxylic acids is 1. The van der Waals surface area contributed by atoms with Crippen LogP contribution in [0.4, 0.5) is 10.1 Å². The Morgan fingerprint density at radius 2 is 1.84 bits per heavy atom. The maximum atomic E-state index is 13.3. The minimum absolute atomic E-state index is 0.0452. The molecule has 0 amide bonds. The predicted molar refractivity (Wildman–Crippen MR) is 126 cm³/mol. The Hall–Kier alpha value is -2.93. The molecule has 0 aliphatic heterocycles. The molecule has 3 rings (SSSR count). The zero-order chi connectivity index (χ0) is 24.1. The SMILES string of the molecule is CC1CCC(C(=O)O)CC1.CN.COc1ccc(F)cc1CNc1ccc(C=O)cc1C. The highest BCUT2D eigenvalue weighted by atomic mass is 19.1. The Morgan fingerprint density at radius 1 is 1.19 bits per heavy atom. The molecule has 1 aliphatic rings. The van der Waals surface area contributed by atoms with Crippen molar-refractivity contribution in [1.82, 2.24) is 0 Å². The summed E-state index contributed by atoms with van der Waals surface area (Å²) < 4.78 is 18.5. The van der Waals surface area contributed by atoms with Crippen molar-refractivity contribution in [2.24, 2.45) is 17.6 Å². The summed E-state index contributed by atoms with van der Waals surface area (Å²) in [5.41, 5.74) is 7.75. The fourth-order valence-corrected chi connectivity index (χ4v) is 3.54. The first kappa shape index (κ1) is 27.1. The summed E-state index contributed by atoms with van der Waals surface area (Å²) in [6, 6.07) is 9.80. The largest absolute Gasteiger partial charge is 0.496 e. The Bertz CT molecular complexity index is 865. The lowest BCUT2D eigenvalue weighted by atomic mass is 9.83. The summed E-state index contributed by atoms with van der Waals surface area (Å²) in [4.78, 5) is 21.2. The molecule has 32 heavy (non-hydrogen) atoms. The highest BCUT2D eigenvalue weighted by Gasteiger charge is 2.23. The lowest BCUT2D eigenvalue weighted by Crippen LogP contribution is -2.19. The van der Waals surface area contributed by atoms with Crippen LogP contribution in [0, 0.1) is 24.6 Å². The number of hydrogen-bond acceptors (Lipinski definition) is 5. The van der Waals surface area contributed by atoms with Gasteiger partial charge in [0.15, 0.2) is 0 Å². The van der Waals surface area contributed by atoms with Gasteiger partial charge in [0.2, 0.25) is 0 Å². The third-order valence-corrected chi connectivity index (χ3v) is 5.46. The van der Waals surface area contributed by atoms with E-state index in [0.29, 0.717) is 17.9 Å². The van der Waals surface area contributed by atoms with Crippen LogP contribution in [0.1, 0.15) is 54.1 Å². The fraction of sp³-hybridized carbons (Fsp3) is 0.440. The third kappa shape index (κ3) is 8.67. The first-order chi connectivity index (χ1) is 15.3. The van der Waals surface area contributed by atoms with E-state index in [9.17, 15) is 14.0 Å². The van der Waals surface area contributed by atoms with Gasteiger partial charge in [-0.1, -0.05) is 6.92 Å². The van der Waals surface area contributed by atoms with Gasteiger partial charge < -0.3 is 20.9 Å². The minimum Gasteiger partial charge on any atom is -0.496 e. The van der Waals surface area contributed by atoms with Gasteiger partial charge >= 0.3 is 5.97 Å². The average Bonchev–Trinajstić information content (AvgIpc) is 2.80. The number of aldehydes is 1. The molecule has 1 fully saturated rings. The van der Waals surface area contributed by atoms with Gasteiger partial charge in [0.1, 0.15) is 17.9 Å². The number of anilines is 1. The van der Waals surface area contributed by atoms with Crippen molar-refractivity contribution in [3.8, 4) is 5.75 Å². The summed E-state index contributed by atoms with van der Waals surface area (Å²) in [6.45, 7) is 4.55. The normalized spacial score (nSPS) is 17.1. The molecule has 0 aromatic heterocycles. The molecule has 0 radical (unpaired) electrons. The molecule has 1 saturated carbocycles. The molecule has 0 saturated heterocycles. The number of carbonyl (C=O) groups excluding carboxylic acids is 1. The number of carboxylic acid groups (broad SMARTS) is 1. The second-order valence-electron chi connectivity index (χ2n) is 7.80. The highest BCUT2D eigenvalue weighted by Crippen LogP contribution is 2.28. The Kier molecular flexibility index (Phi) is 12.0. The van der Waals surface area contributed by atoms with Crippen LogP contribution in [0.2, 0.25) is 0 Å². The molecule has 0 spiro atoms. The number of methoxy groups -OCH3 is 1. The van der Waals surface area contributed by atoms with Crippen LogP contribution in [0.25, 0.3) is 0 Å². The maximum Gasteiger partial charge on any atom is 0.306 e. The second-order valence-corrected chi connectivity index (χ2v) is 7.80. The number of carbonyl (C=O) groups is 2. The summed E-state index contributed by atoms with van der Waals surface area (Å²) >= 11 is 0. The molecule has 0 atom stereocenters. The van der Waals surface area contributed by atoms with E-state index in [1.54, 1.807) is 25.3 Å². The van der Waals surface area contributed by atoms with Gasteiger partial charge in [-0.15, -0.1) is 0 Å². The quantitative estimate of drug-likeness (QED) is 0.538. The number of benzene rings is 2. The van der Waals surface area contributed by atoms with Crippen molar-refractivity contribution >= 4 is 17.9 Å². The Labute approximate surface area is 190 Å². The number of nitrogens with one attached hydrogen (secondary N) is 1. The topological polar surface area (TPSA) is 102 Å². The molecular weight excluding hydrogens is 411 g/mol. The van der Waals surface area contributed by atoms with Crippen molar-refractivity contribution in [3.05, 3.63) is 58.9 Å². The van der Waals surface area contributed by atoms with E-state index in [4.69, 9.17) is 9.84 Å². The van der Waals surface area contributed by atoms with Crippen molar-refractivity contribution < 1.29 is 23.8 Å². The summed E-state index contributed by atoms with van der Waals surface area (Å²) in [5, 5.41) is 11.8. The number of carboxylic acids is 1. The Morgan fingerprint density at radius 3 is 2.38 bits per heavy atom. The van der Waals surface area contributed by atoms with E-state index in [1.165, 1.54) is 19.2 Å². The predicted octanol–water partition coefficient (Wildman–Crippen LogP) is 5.04. The van der Waals surface area contributed by atoms with Gasteiger partial charge in [0, 0.05) is 23.4 Å². The van der Waals surface area contributed by atoms with Crippen LogP contribution in [0.3, 0.4) is 0 Å². The monoisotopic (exact) mass is 446 g/mol. The zero-order valence-corrected chi connectivity index (χ0v) is 19.4. The number of nitrogens with two attached hydrogens (primary N) is 1. The van der Waals surface area contributed by atoms with E-state index in [-0.39, 0.29) is 11.7 Å². The van der Waals surface area contributed by atoms with Gasteiger partial charge in [0.25, 0.3) is 0 Å². The smallest absolute Gasteiger partial charge is 0.306 e. The van der Waals surface area contributed by atoms with Gasteiger partial charge in [0.05, 0.1) is 13.0 Å². The zero-order valence-electron chi connectivity index (χ0n) is 19.4. The van der Waals surface area contributed by atoms with Gasteiger partial charge in [-0.2, -0.15) is 0 Å². The highest BCUT2D eigenvalue weighted by molar-refractivity contribution is 5.76. The fourth-order valence-electron chi connectivity index (χ4n) is 3.54. The molecule has 0 unspecified atom stereocenters. The van der Waals surface area contributed by atoms with E-state index in [2.05, 4.69) is 18.0 Å². The van der Waals surface area contributed by atoms with E-state index in [0.717, 1.165) is 54.7 Å². The first-order valence-electron chi connectivity index (χ1n) is 10.8. The van der Waals surface area contributed by atoms with Crippen molar-refractivity contribution in [2.75, 3.05) is 19.5 Å². The van der Waals surface area contributed by atoms with Gasteiger partial charge in [-0.05, 0) is 87.5 Å². The number of halogens is 1. The maximum absolute atomic E-state index is 13.3. The summed E-state index contributed by atoms with van der Waals surface area (Å²) in [7, 11) is 3.06. The summed E-state index contributed by atoms with van der Waals surface area (Å²) in [6.07, 6.45) is 4.77. The third-order valence-electron chi connectivity index (χ3n) is 5.46. The molecule has 2 aromatic rings. The lowest BCUT2D eigenvalue weighted by Gasteiger charge is -2.22. The molecule has 7 heteroatoms. The Balaban J connectivity index is 0.000000358. The van der Waals surface area contributed by atoms with E-state index in [1.807, 2.05) is 13.0 Å². The molecule has 2 aromatic carbocycles. The molecular formula is C25H35FN2O4. The number of aryl methyl sites for hydroxylation is 1. The van der Waals surface area contributed by atoms with Crippen LogP contribution < -0.4 is 15.8 Å². The van der Waals surface area contributed by atoms with Crippen LogP contribution in [0.5, 0.6) is 5.75 Å². The molecule has 0 bridgehead atoms. The minimum atomic E-state index is -0.605. The molecule has 6 nitrogen and oxygen atoms in total. The van der Waals surface area contributed by atoms with E-state index < -0.39 is 5.97 Å². The molecule has 176 valence electrons. The van der Waals surface area contributed by atoms with Crippen molar-refractivity contribution in [1.29, 1.82) is 0 Å². The van der Waals surface area contributed by atoms with Crippen LogP contribution in [-0.4, -0.2) is 31.5 Å². The molecule has 1 aliphatic carbocycles. The second kappa shape index (κ2) is 14.2. The van der Waals surface area contributed by atoms with Crippen LogP contribution >= 0.6 is 0 Å². The summed E-state index contributed by atoms with van der Waals surface area (Å²) in [5.74, 6) is 0.440. The number of ether oxygens (including phenoxy) is 1. The lowest BCUT2D eigenvalue weighted by molar-refractivity contribution is -0.143. The molecule has 4 N–H and O–H groups in total. The van der Waals surface area contributed by atoms with Gasteiger partial charge in [-0.3, -0.25) is 9.59 Å². The van der Waals surface area contributed by atoms with Crippen molar-refractivity contribution in [3.63, 3.8) is 0 Å². The molecule has 0 heterocycles. The number of hydrogen-bond donors (Lipinski definition) is 3. The van der Waals surface area contributed by atoms with E-state index >= 15 is 0 Å². The van der Waals surface area contributed by atoms with Crippen molar-refractivity contribution in [2.45, 2.75) is 46.1 Å². The standard InChI is InChI=1S/C16H16FNO2.C8H14O2.CH5N/c1-11-7-12(10-19)3-5-15(11)18-9-13-8-14(17)4-6-16(13)20-2;1-6-2-4-7(5-3-6)8(9)10;1-2/h3-8,10,18H,9H2,1-2H3;6-7H,2-5H2,1H3,(H,9,10);2H2,1H3. The number of rotatable bonds is 6. The average molecular weight is 447 g/mol. The van der Waals surface area contributed by atoms with Crippen LogP contribution in [0.15, 0.2) is 36.4 Å². The van der Waals surface area contributed by atoms with Gasteiger partial charge in [-0.25, -0.2) is 4.39 Å².